The van der Waals surface area contributed by atoms with Crippen molar-refractivity contribution in [2.75, 3.05) is 11.1 Å². The van der Waals surface area contributed by atoms with E-state index in [4.69, 9.17) is 5.73 Å². The molecular formula is C13H13F2N3S. The smallest absolute Gasteiger partial charge is 0.168 e. The van der Waals surface area contributed by atoms with Crippen LogP contribution in [0.2, 0.25) is 0 Å². The van der Waals surface area contributed by atoms with Gasteiger partial charge >= 0.3 is 0 Å². The third kappa shape index (κ3) is 2.28. The van der Waals surface area contributed by atoms with Gasteiger partial charge in [0, 0.05) is 10.9 Å². The van der Waals surface area contributed by atoms with E-state index in [0.29, 0.717) is 0 Å². The number of pyridine rings is 1. The van der Waals surface area contributed by atoms with Gasteiger partial charge in [0.2, 0.25) is 0 Å². The van der Waals surface area contributed by atoms with Crippen molar-refractivity contribution in [3.8, 4) is 0 Å². The molecule has 0 aliphatic heterocycles. The van der Waals surface area contributed by atoms with Crippen LogP contribution in [0.15, 0.2) is 17.5 Å². The first-order valence-corrected chi connectivity index (χ1v) is 6.97. The molecule has 3 rings (SSSR count). The molecule has 0 amide bonds. The van der Waals surface area contributed by atoms with E-state index in [1.807, 2.05) is 11.4 Å². The summed E-state index contributed by atoms with van der Waals surface area (Å²) in [4.78, 5) is 5.06. The highest BCUT2D eigenvalue weighted by molar-refractivity contribution is 7.10. The molecule has 0 saturated heterocycles. The van der Waals surface area contributed by atoms with Gasteiger partial charge in [0.1, 0.15) is 0 Å². The second kappa shape index (κ2) is 4.77. The Labute approximate surface area is 113 Å². The lowest BCUT2D eigenvalue weighted by Gasteiger charge is -2.24. The molecule has 2 aromatic heterocycles. The van der Waals surface area contributed by atoms with Crippen molar-refractivity contribution in [2.24, 2.45) is 0 Å². The zero-order chi connectivity index (χ0) is 13.4. The van der Waals surface area contributed by atoms with E-state index in [1.54, 1.807) is 11.3 Å². The van der Waals surface area contributed by atoms with Gasteiger partial charge in [-0.25, -0.2) is 13.8 Å². The Morgan fingerprint density at radius 3 is 3.05 bits per heavy atom. The number of hydrogen-bond acceptors (Lipinski definition) is 4. The first-order valence-electron chi connectivity index (χ1n) is 6.09. The molecule has 0 aromatic carbocycles. The van der Waals surface area contributed by atoms with Crippen molar-refractivity contribution in [3.05, 3.63) is 39.6 Å². The first-order chi connectivity index (χ1) is 9.15. The highest BCUT2D eigenvalue weighted by atomic mass is 32.1. The molecule has 2 aromatic rings. The molecule has 0 saturated carbocycles. The third-order valence-electron chi connectivity index (χ3n) is 3.32. The molecule has 3 nitrogen and oxygen atoms in total. The Bertz CT molecular complexity index is 612. The topological polar surface area (TPSA) is 50.9 Å². The number of fused-ring (bicyclic) bond motifs is 1. The van der Waals surface area contributed by atoms with Crippen molar-refractivity contribution in [2.45, 2.75) is 25.3 Å². The van der Waals surface area contributed by atoms with Crippen molar-refractivity contribution < 1.29 is 8.78 Å². The first kappa shape index (κ1) is 12.3. The Kier molecular flexibility index (Phi) is 3.10. The van der Waals surface area contributed by atoms with Crippen LogP contribution in [0.4, 0.5) is 20.4 Å². The average molecular weight is 281 g/mol. The van der Waals surface area contributed by atoms with E-state index >= 15 is 0 Å². The molecule has 100 valence electrons. The number of hydrogen-bond donors (Lipinski definition) is 2. The minimum atomic E-state index is -0.831. The lowest BCUT2D eigenvalue weighted by molar-refractivity contribution is 0.566. The van der Waals surface area contributed by atoms with Gasteiger partial charge in [-0.15, -0.1) is 11.3 Å². The predicted octanol–water partition coefficient (Wildman–Crippen LogP) is 3.49. The number of aryl methyl sites for hydroxylation is 1. The van der Waals surface area contributed by atoms with Gasteiger partial charge in [0.25, 0.3) is 0 Å². The molecular weight excluding hydrogens is 268 g/mol. The minimum absolute atomic E-state index is 0.0156. The van der Waals surface area contributed by atoms with Gasteiger partial charge in [-0.3, -0.25) is 0 Å². The summed E-state index contributed by atoms with van der Waals surface area (Å²) in [6.45, 7) is 0. The lowest BCUT2D eigenvalue weighted by Crippen LogP contribution is -2.17. The monoisotopic (exact) mass is 281 g/mol. The number of rotatable bonds is 2. The Hall–Kier alpha value is -1.69. The lowest BCUT2D eigenvalue weighted by atomic mass is 9.94. The zero-order valence-electron chi connectivity index (χ0n) is 10.1. The predicted molar refractivity (Wildman–Crippen MR) is 72.2 cm³/mol. The van der Waals surface area contributed by atoms with E-state index in [0.717, 1.165) is 25.3 Å². The second-order valence-electron chi connectivity index (χ2n) is 4.57. The number of anilines is 2. The number of halogens is 2. The van der Waals surface area contributed by atoms with Crippen LogP contribution in [-0.2, 0) is 6.42 Å². The SMILES string of the molecule is Nc1nc(NC2CCCc3sccc32)c(F)cc1F. The van der Waals surface area contributed by atoms with Crippen molar-refractivity contribution in [1.82, 2.24) is 4.98 Å². The van der Waals surface area contributed by atoms with Gasteiger partial charge in [-0.05, 0) is 36.3 Å². The summed E-state index contributed by atoms with van der Waals surface area (Å²) in [6, 6.07) is 2.82. The van der Waals surface area contributed by atoms with Crippen LogP contribution in [0.1, 0.15) is 29.3 Å². The summed E-state index contributed by atoms with van der Waals surface area (Å²) in [5.74, 6) is -1.81. The number of aromatic nitrogens is 1. The van der Waals surface area contributed by atoms with Crippen LogP contribution < -0.4 is 11.1 Å². The fourth-order valence-electron chi connectivity index (χ4n) is 2.38. The molecule has 19 heavy (non-hydrogen) atoms. The summed E-state index contributed by atoms with van der Waals surface area (Å²) in [5.41, 5.74) is 6.56. The number of thiophene rings is 1. The minimum Gasteiger partial charge on any atom is -0.381 e. The standard InChI is InChI=1S/C13H13F2N3S/c14-8-6-9(15)13(18-12(8)16)17-10-2-1-3-11-7(10)4-5-19-11/h4-6,10H,1-3H2,(H3,16,17,18). The van der Waals surface area contributed by atoms with Crippen molar-refractivity contribution in [3.63, 3.8) is 0 Å². The second-order valence-corrected chi connectivity index (χ2v) is 5.57. The Morgan fingerprint density at radius 1 is 1.37 bits per heavy atom. The van der Waals surface area contributed by atoms with Crippen LogP contribution >= 0.6 is 11.3 Å². The van der Waals surface area contributed by atoms with E-state index in [1.165, 1.54) is 10.4 Å². The highest BCUT2D eigenvalue weighted by Crippen LogP contribution is 2.35. The summed E-state index contributed by atoms with van der Waals surface area (Å²) in [7, 11) is 0. The number of nitrogens with two attached hydrogens (primary N) is 1. The number of nitrogens with zero attached hydrogens (tertiary/aromatic N) is 1. The van der Waals surface area contributed by atoms with Crippen LogP contribution in [-0.4, -0.2) is 4.98 Å². The van der Waals surface area contributed by atoms with Gasteiger partial charge < -0.3 is 11.1 Å². The van der Waals surface area contributed by atoms with Gasteiger partial charge in [0.15, 0.2) is 23.3 Å². The fraction of sp³-hybridized carbons (Fsp3) is 0.308. The molecule has 1 atom stereocenters. The quantitative estimate of drug-likeness (QED) is 0.886. The van der Waals surface area contributed by atoms with Gasteiger partial charge in [-0.2, -0.15) is 0 Å². The molecule has 3 N–H and O–H groups in total. The largest absolute Gasteiger partial charge is 0.381 e. The summed E-state index contributed by atoms with van der Waals surface area (Å²) in [6.07, 6.45) is 3.01. The third-order valence-corrected chi connectivity index (χ3v) is 4.32. The Balaban J connectivity index is 1.89. The molecule has 1 aliphatic rings. The van der Waals surface area contributed by atoms with E-state index in [2.05, 4.69) is 10.3 Å². The van der Waals surface area contributed by atoms with E-state index < -0.39 is 11.6 Å². The molecule has 6 heteroatoms. The molecule has 2 heterocycles. The molecule has 0 radical (unpaired) electrons. The zero-order valence-corrected chi connectivity index (χ0v) is 10.9. The summed E-state index contributed by atoms with van der Waals surface area (Å²) in [5, 5.41) is 5.07. The summed E-state index contributed by atoms with van der Waals surface area (Å²) >= 11 is 1.71. The van der Waals surface area contributed by atoms with E-state index in [-0.39, 0.29) is 17.7 Å². The average Bonchev–Trinajstić information content (AvgIpc) is 2.85. The van der Waals surface area contributed by atoms with Crippen molar-refractivity contribution >= 4 is 23.0 Å². The molecule has 1 aliphatic carbocycles. The number of nitrogens with one attached hydrogen (secondary N) is 1. The maximum Gasteiger partial charge on any atom is 0.168 e. The van der Waals surface area contributed by atoms with Crippen LogP contribution in [0.25, 0.3) is 0 Å². The van der Waals surface area contributed by atoms with E-state index in [9.17, 15) is 8.78 Å². The van der Waals surface area contributed by atoms with Crippen molar-refractivity contribution in [1.29, 1.82) is 0 Å². The van der Waals surface area contributed by atoms with Crippen LogP contribution in [0, 0.1) is 11.6 Å². The molecule has 0 spiro atoms. The highest BCUT2D eigenvalue weighted by Gasteiger charge is 2.22. The molecule has 0 fully saturated rings. The summed E-state index contributed by atoms with van der Waals surface area (Å²) < 4.78 is 26.7. The van der Waals surface area contributed by atoms with Gasteiger partial charge in [0.05, 0.1) is 6.04 Å². The normalized spacial score (nSPS) is 18.1. The fourth-order valence-corrected chi connectivity index (χ4v) is 3.37. The maximum absolute atomic E-state index is 13.7. The van der Waals surface area contributed by atoms with Gasteiger partial charge in [-0.1, -0.05) is 0 Å². The molecule has 0 bridgehead atoms. The van der Waals surface area contributed by atoms with Crippen LogP contribution in [0.3, 0.4) is 0 Å². The van der Waals surface area contributed by atoms with Crippen LogP contribution in [0.5, 0.6) is 0 Å². The maximum atomic E-state index is 13.7. The molecule has 1 unspecified atom stereocenters. The Morgan fingerprint density at radius 2 is 2.21 bits per heavy atom. The number of nitrogen functional groups attached to an aromatic ring is 1.